The lowest BCUT2D eigenvalue weighted by atomic mass is 9.97. The van der Waals surface area contributed by atoms with Crippen LogP contribution < -0.4 is 5.32 Å². The number of hydrogen-bond donors (Lipinski definition) is 1. The number of nitrogens with one attached hydrogen (secondary N) is 1. The van der Waals surface area contributed by atoms with E-state index < -0.39 is 10.0 Å². The number of ketones is 1. The summed E-state index contributed by atoms with van der Waals surface area (Å²) >= 11 is 1.59. The summed E-state index contributed by atoms with van der Waals surface area (Å²) in [5.74, 6) is -0.356. The predicted octanol–water partition coefficient (Wildman–Crippen LogP) is 3.77. The molecule has 1 amide bonds. The van der Waals surface area contributed by atoms with Crippen LogP contribution in [-0.4, -0.2) is 49.0 Å². The lowest BCUT2D eigenvalue weighted by Crippen LogP contribution is -2.43. The topological polar surface area (TPSA) is 96.4 Å². The number of aromatic nitrogens is 1. The van der Waals surface area contributed by atoms with E-state index in [4.69, 9.17) is 0 Å². The molecule has 9 heteroatoms. The van der Waals surface area contributed by atoms with Crippen LogP contribution in [0.2, 0.25) is 0 Å². The van der Waals surface area contributed by atoms with Crippen molar-refractivity contribution in [2.45, 2.75) is 31.1 Å². The number of Topliss-reactive ketones (excluding diaryl/α,β-unsaturated/α-hetero) is 1. The Morgan fingerprint density at radius 2 is 1.74 bits per heavy atom. The number of piperidine rings is 1. The van der Waals surface area contributed by atoms with Gasteiger partial charge in [0, 0.05) is 48.5 Å². The van der Waals surface area contributed by atoms with Gasteiger partial charge in [-0.25, -0.2) is 13.4 Å². The highest BCUT2D eigenvalue weighted by Gasteiger charge is 2.32. The Bertz CT molecular complexity index is 1250. The first kappa shape index (κ1) is 24.3. The Morgan fingerprint density at radius 3 is 2.38 bits per heavy atom. The summed E-state index contributed by atoms with van der Waals surface area (Å²) in [6.07, 6.45) is 1.61. The van der Waals surface area contributed by atoms with Gasteiger partial charge in [0.05, 0.1) is 10.6 Å². The fourth-order valence-electron chi connectivity index (χ4n) is 3.96. The summed E-state index contributed by atoms with van der Waals surface area (Å²) < 4.78 is 27.2. The number of hydrogen-bond acceptors (Lipinski definition) is 6. The van der Waals surface area contributed by atoms with Crippen LogP contribution in [0.15, 0.2) is 64.9 Å². The smallest absolute Gasteiger partial charge is 0.243 e. The third kappa shape index (κ3) is 5.60. The minimum atomic E-state index is -3.64. The molecule has 0 spiro atoms. The molecule has 1 aromatic heterocycles. The summed E-state index contributed by atoms with van der Waals surface area (Å²) in [6, 6.07) is 16.0. The van der Waals surface area contributed by atoms with E-state index in [-0.39, 0.29) is 22.5 Å². The monoisotopic (exact) mass is 497 g/mol. The van der Waals surface area contributed by atoms with Crippen LogP contribution >= 0.6 is 11.3 Å². The van der Waals surface area contributed by atoms with Crippen molar-refractivity contribution >= 4 is 33.1 Å². The summed E-state index contributed by atoms with van der Waals surface area (Å²) in [5, 5.41) is 5.96. The molecule has 0 unspecified atom stereocenters. The molecule has 7 nitrogen and oxygen atoms in total. The van der Waals surface area contributed by atoms with Crippen LogP contribution in [0.3, 0.4) is 0 Å². The molecule has 2 aromatic carbocycles. The number of thiazole rings is 1. The van der Waals surface area contributed by atoms with Crippen molar-refractivity contribution in [3.05, 3.63) is 71.2 Å². The average molecular weight is 498 g/mol. The number of carbonyl (C=O) groups excluding carboxylic acids is 2. The summed E-state index contributed by atoms with van der Waals surface area (Å²) in [4.78, 5) is 28.8. The molecule has 1 fully saturated rings. The van der Waals surface area contributed by atoms with E-state index >= 15 is 0 Å². The SMILES string of the molecule is CC(=O)c1ccc(S(=O)(=O)N2CCC(C(=O)NCCc3csc(-c4ccccc4)n3)CC2)cc1. The highest BCUT2D eigenvalue weighted by Crippen LogP contribution is 2.25. The van der Waals surface area contributed by atoms with Crippen molar-refractivity contribution in [2.24, 2.45) is 5.92 Å². The molecule has 1 N–H and O–H groups in total. The maximum absolute atomic E-state index is 12.9. The summed E-state index contributed by atoms with van der Waals surface area (Å²) in [6.45, 7) is 2.53. The van der Waals surface area contributed by atoms with E-state index in [1.807, 2.05) is 35.7 Å². The van der Waals surface area contributed by atoms with E-state index in [0.29, 0.717) is 44.5 Å². The summed E-state index contributed by atoms with van der Waals surface area (Å²) in [5.41, 5.74) is 2.50. The molecule has 0 saturated carbocycles. The van der Waals surface area contributed by atoms with Gasteiger partial charge in [0.1, 0.15) is 5.01 Å². The molecular weight excluding hydrogens is 470 g/mol. The Labute approximate surface area is 203 Å². The van der Waals surface area contributed by atoms with E-state index in [1.165, 1.54) is 35.5 Å². The maximum atomic E-state index is 12.9. The Balaban J connectivity index is 1.25. The van der Waals surface area contributed by atoms with Gasteiger partial charge in [-0.15, -0.1) is 11.3 Å². The molecule has 0 aliphatic carbocycles. The third-order valence-corrected chi connectivity index (χ3v) is 8.83. The van der Waals surface area contributed by atoms with Crippen molar-refractivity contribution in [2.75, 3.05) is 19.6 Å². The zero-order valence-corrected chi connectivity index (χ0v) is 20.6. The predicted molar refractivity (Wildman–Crippen MR) is 132 cm³/mol. The average Bonchev–Trinajstić information content (AvgIpc) is 3.33. The van der Waals surface area contributed by atoms with Crippen molar-refractivity contribution in [1.82, 2.24) is 14.6 Å². The quantitative estimate of drug-likeness (QED) is 0.478. The van der Waals surface area contributed by atoms with Gasteiger partial charge in [-0.2, -0.15) is 4.31 Å². The molecule has 0 atom stereocenters. The largest absolute Gasteiger partial charge is 0.355 e. The first-order valence-corrected chi connectivity index (χ1v) is 13.6. The zero-order chi connectivity index (χ0) is 24.1. The van der Waals surface area contributed by atoms with E-state index in [1.54, 1.807) is 11.3 Å². The van der Waals surface area contributed by atoms with E-state index in [0.717, 1.165) is 16.3 Å². The molecule has 0 bridgehead atoms. The second-order valence-electron chi connectivity index (χ2n) is 8.31. The van der Waals surface area contributed by atoms with Crippen LogP contribution in [-0.2, 0) is 21.2 Å². The second kappa shape index (κ2) is 10.6. The van der Waals surface area contributed by atoms with Gasteiger partial charge in [-0.1, -0.05) is 42.5 Å². The van der Waals surface area contributed by atoms with Gasteiger partial charge >= 0.3 is 0 Å². The minimum absolute atomic E-state index is 0.0404. The van der Waals surface area contributed by atoms with Gasteiger partial charge in [-0.3, -0.25) is 9.59 Å². The van der Waals surface area contributed by atoms with Gasteiger partial charge in [0.25, 0.3) is 0 Å². The zero-order valence-electron chi connectivity index (χ0n) is 18.9. The molecule has 1 saturated heterocycles. The molecule has 4 rings (SSSR count). The second-order valence-corrected chi connectivity index (χ2v) is 11.1. The van der Waals surface area contributed by atoms with Crippen molar-refractivity contribution in [3.63, 3.8) is 0 Å². The Morgan fingerprint density at radius 1 is 1.06 bits per heavy atom. The third-order valence-electron chi connectivity index (χ3n) is 5.98. The number of benzene rings is 2. The van der Waals surface area contributed by atoms with Crippen LogP contribution in [0.1, 0.15) is 35.8 Å². The van der Waals surface area contributed by atoms with Crippen LogP contribution in [0, 0.1) is 5.92 Å². The summed E-state index contributed by atoms with van der Waals surface area (Å²) in [7, 11) is -3.64. The maximum Gasteiger partial charge on any atom is 0.243 e. The normalized spacial score (nSPS) is 15.2. The molecule has 34 heavy (non-hydrogen) atoms. The highest BCUT2D eigenvalue weighted by atomic mass is 32.2. The van der Waals surface area contributed by atoms with Crippen LogP contribution in [0.5, 0.6) is 0 Å². The molecular formula is C25H27N3O4S2. The van der Waals surface area contributed by atoms with Gasteiger partial charge < -0.3 is 5.32 Å². The first-order valence-electron chi connectivity index (χ1n) is 11.2. The van der Waals surface area contributed by atoms with Crippen LogP contribution in [0.4, 0.5) is 0 Å². The fraction of sp³-hybridized carbons (Fsp3) is 0.320. The molecule has 1 aliphatic heterocycles. The molecule has 0 radical (unpaired) electrons. The molecule has 1 aliphatic rings. The number of rotatable bonds is 8. The van der Waals surface area contributed by atoms with Gasteiger partial charge in [0.15, 0.2) is 5.78 Å². The molecule has 178 valence electrons. The molecule has 2 heterocycles. The Hall–Kier alpha value is -2.88. The highest BCUT2D eigenvalue weighted by molar-refractivity contribution is 7.89. The number of amides is 1. The van der Waals surface area contributed by atoms with Gasteiger partial charge in [-0.05, 0) is 31.9 Å². The molecule has 3 aromatic rings. The number of nitrogens with zero attached hydrogens (tertiary/aromatic N) is 2. The van der Waals surface area contributed by atoms with Crippen LogP contribution in [0.25, 0.3) is 10.6 Å². The number of sulfonamides is 1. The van der Waals surface area contributed by atoms with Crippen molar-refractivity contribution in [3.8, 4) is 10.6 Å². The van der Waals surface area contributed by atoms with Crippen molar-refractivity contribution in [1.29, 1.82) is 0 Å². The number of carbonyl (C=O) groups is 2. The van der Waals surface area contributed by atoms with E-state index in [2.05, 4.69) is 10.3 Å². The standard InChI is InChI=1S/C25H27N3O4S2/c1-18(29)19-7-9-23(10-8-19)34(31,32)28-15-12-20(13-16-28)24(30)26-14-11-22-17-33-25(27-22)21-5-3-2-4-6-21/h2-10,17,20H,11-16H2,1H3,(H,26,30). The van der Waals surface area contributed by atoms with Gasteiger partial charge in [0.2, 0.25) is 15.9 Å². The van der Waals surface area contributed by atoms with Crippen molar-refractivity contribution < 1.29 is 18.0 Å². The Kier molecular flexibility index (Phi) is 7.55. The fourth-order valence-corrected chi connectivity index (χ4v) is 6.29. The minimum Gasteiger partial charge on any atom is -0.355 e. The first-order chi connectivity index (χ1) is 16.3. The lowest BCUT2D eigenvalue weighted by molar-refractivity contribution is -0.126. The van der Waals surface area contributed by atoms with E-state index in [9.17, 15) is 18.0 Å². The lowest BCUT2D eigenvalue weighted by Gasteiger charge is -2.30.